The lowest BCUT2D eigenvalue weighted by Gasteiger charge is -2.15. The van der Waals surface area contributed by atoms with Crippen LogP contribution in [-0.2, 0) is 17.7 Å². The lowest BCUT2D eigenvalue weighted by molar-refractivity contribution is -0.140. The highest BCUT2D eigenvalue weighted by Gasteiger charge is 2.42. The molecule has 3 aromatic rings. The summed E-state index contributed by atoms with van der Waals surface area (Å²) in [6.45, 7) is 0. The summed E-state index contributed by atoms with van der Waals surface area (Å²) < 4.78 is 121. The van der Waals surface area contributed by atoms with Gasteiger partial charge in [-0.25, -0.2) is 14.1 Å². The topological polar surface area (TPSA) is 42.7 Å². The average Bonchev–Trinajstić information content (AvgIpc) is 2.96. The Hall–Kier alpha value is -2.70. The van der Waals surface area contributed by atoms with E-state index in [0.29, 0.717) is 22.9 Å². The van der Waals surface area contributed by atoms with Crippen LogP contribution in [0.1, 0.15) is 17.0 Å². The molecule has 162 valence electrons. The molecular formula is C16H8ClF9N4. The molecule has 0 saturated carbocycles. The van der Waals surface area contributed by atoms with Gasteiger partial charge >= 0.3 is 17.7 Å². The third kappa shape index (κ3) is 3.85. The first-order chi connectivity index (χ1) is 13.6. The second-order valence-corrected chi connectivity index (χ2v) is 6.39. The molecule has 0 bridgehead atoms. The van der Waals surface area contributed by atoms with Gasteiger partial charge in [0.05, 0.1) is 22.2 Å². The van der Waals surface area contributed by atoms with Gasteiger partial charge in [-0.2, -0.15) is 40.2 Å². The van der Waals surface area contributed by atoms with E-state index in [-0.39, 0.29) is 6.07 Å². The van der Waals surface area contributed by atoms with Gasteiger partial charge in [-0.1, -0.05) is 0 Å². The molecule has 4 nitrogen and oxygen atoms in total. The van der Waals surface area contributed by atoms with Crippen molar-refractivity contribution in [3.05, 3.63) is 47.0 Å². The number of aromatic nitrogens is 3. The third-order valence-corrected chi connectivity index (χ3v) is 4.14. The molecule has 30 heavy (non-hydrogen) atoms. The molecule has 0 fully saturated rings. The van der Waals surface area contributed by atoms with E-state index in [1.165, 1.54) is 0 Å². The predicted molar refractivity (Wildman–Crippen MR) is 88.1 cm³/mol. The molecule has 0 atom stereocenters. The normalized spacial score (nSPS) is 13.2. The first-order valence-electron chi connectivity index (χ1n) is 7.77. The smallest absolute Gasteiger partial charge is 0.372 e. The lowest BCUT2D eigenvalue weighted by Crippen LogP contribution is -2.15. The minimum atomic E-state index is -5.27. The second kappa shape index (κ2) is 6.93. The maximum atomic E-state index is 13.5. The van der Waals surface area contributed by atoms with Crippen LogP contribution in [0.15, 0.2) is 24.3 Å². The molecule has 0 saturated heterocycles. The highest BCUT2D eigenvalue weighted by molar-refractivity contribution is 6.21. The van der Waals surface area contributed by atoms with E-state index in [0.717, 1.165) is 7.05 Å². The molecular weight excluding hydrogens is 455 g/mol. The Morgan fingerprint density at radius 1 is 0.967 bits per heavy atom. The van der Waals surface area contributed by atoms with Gasteiger partial charge in [-0.3, -0.25) is 0 Å². The average molecular weight is 463 g/mol. The first-order valence-corrected chi connectivity index (χ1v) is 8.15. The van der Waals surface area contributed by atoms with Crippen molar-refractivity contribution in [3.63, 3.8) is 0 Å². The monoisotopic (exact) mass is 462 g/mol. The Morgan fingerprint density at radius 2 is 1.60 bits per heavy atom. The van der Waals surface area contributed by atoms with E-state index in [2.05, 4.69) is 15.4 Å². The van der Waals surface area contributed by atoms with Crippen LogP contribution < -0.4 is 5.32 Å². The highest BCUT2D eigenvalue weighted by Crippen LogP contribution is 2.43. The number of alkyl halides is 9. The zero-order chi connectivity index (χ0) is 22.6. The molecule has 2 heterocycles. The summed E-state index contributed by atoms with van der Waals surface area (Å²) in [4.78, 5) is 2.86. The second-order valence-electron chi connectivity index (χ2n) is 5.92. The standard InChI is InChI=1S/C16H8ClF9N4/c1-27-13-11-8(5-10(14(17,19)20)28-12(11)16(24,25)26)29-30(13)9-3-2-6(18)4-7(9)15(21,22)23/h2-5,27H,1H3. The summed E-state index contributed by atoms with van der Waals surface area (Å²) >= 11 is 4.78. The Kier molecular flexibility index (Phi) is 5.08. The summed E-state index contributed by atoms with van der Waals surface area (Å²) in [7, 11) is 1.08. The summed E-state index contributed by atoms with van der Waals surface area (Å²) in [6, 6.07) is 1.83. The fourth-order valence-corrected chi connectivity index (χ4v) is 2.88. The van der Waals surface area contributed by atoms with Crippen molar-refractivity contribution in [2.75, 3.05) is 12.4 Å². The van der Waals surface area contributed by atoms with Crippen molar-refractivity contribution < 1.29 is 39.5 Å². The Labute approximate surface area is 166 Å². The van der Waals surface area contributed by atoms with Crippen LogP contribution in [0.3, 0.4) is 0 Å². The fraction of sp³-hybridized carbons (Fsp3) is 0.250. The number of hydrogen-bond donors (Lipinski definition) is 1. The Balaban J connectivity index is 2.45. The molecule has 14 heteroatoms. The maximum absolute atomic E-state index is 13.5. The molecule has 0 unspecified atom stereocenters. The Bertz CT molecular complexity index is 1110. The molecule has 3 rings (SSSR count). The van der Waals surface area contributed by atoms with Gasteiger partial charge in [0.2, 0.25) is 0 Å². The van der Waals surface area contributed by atoms with E-state index in [1.807, 2.05) is 0 Å². The van der Waals surface area contributed by atoms with Crippen molar-refractivity contribution in [2.24, 2.45) is 0 Å². The van der Waals surface area contributed by atoms with Gasteiger partial charge in [-0.05, 0) is 35.9 Å². The van der Waals surface area contributed by atoms with Gasteiger partial charge in [0, 0.05) is 7.05 Å². The van der Waals surface area contributed by atoms with Crippen LogP contribution in [0.2, 0.25) is 0 Å². The molecule has 2 aromatic heterocycles. The van der Waals surface area contributed by atoms with E-state index in [4.69, 9.17) is 11.6 Å². The number of anilines is 1. The minimum absolute atomic E-state index is 0.127. The largest absolute Gasteiger partial charge is 0.434 e. The summed E-state index contributed by atoms with van der Waals surface area (Å²) in [6.07, 6.45) is -10.4. The molecule has 1 N–H and O–H groups in total. The van der Waals surface area contributed by atoms with Gasteiger partial charge < -0.3 is 5.32 Å². The van der Waals surface area contributed by atoms with Gasteiger partial charge in [-0.15, -0.1) is 0 Å². The molecule has 0 radical (unpaired) electrons. The van der Waals surface area contributed by atoms with Crippen molar-refractivity contribution in [2.45, 2.75) is 17.7 Å². The van der Waals surface area contributed by atoms with Crippen molar-refractivity contribution in [1.82, 2.24) is 14.8 Å². The van der Waals surface area contributed by atoms with Crippen LogP contribution in [-0.4, -0.2) is 21.8 Å². The predicted octanol–water partition coefficient (Wildman–Crippen LogP) is 5.93. The van der Waals surface area contributed by atoms with E-state index >= 15 is 0 Å². The van der Waals surface area contributed by atoms with Gasteiger partial charge in [0.25, 0.3) is 0 Å². The number of nitrogens with one attached hydrogen (secondary N) is 1. The van der Waals surface area contributed by atoms with E-state index in [9.17, 15) is 39.5 Å². The van der Waals surface area contributed by atoms with Crippen molar-refractivity contribution in [1.29, 1.82) is 0 Å². The number of hydrogen-bond acceptors (Lipinski definition) is 3. The molecule has 0 aliphatic carbocycles. The number of pyridine rings is 1. The van der Waals surface area contributed by atoms with Gasteiger partial charge in [0.15, 0.2) is 5.69 Å². The van der Waals surface area contributed by atoms with Crippen molar-refractivity contribution >= 4 is 28.3 Å². The zero-order valence-corrected chi connectivity index (χ0v) is 15.2. The quantitative estimate of drug-likeness (QED) is 0.388. The maximum Gasteiger partial charge on any atom is 0.434 e. The fourth-order valence-electron chi connectivity index (χ4n) is 2.78. The molecule has 0 spiro atoms. The van der Waals surface area contributed by atoms with Gasteiger partial charge in [0.1, 0.15) is 17.3 Å². The number of fused-ring (bicyclic) bond motifs is 1. The number of benzene rings is 1. The minimum Gasteiger partial charge on any atom is -0.372 e. The van der Waals surface area contributed by atoms with Crippen LogP contribution in [0.25, 0.3) is 16.6 Å². The van der Waals surface area contributed by atoms with Crippen LogP contribution >= 0.6 is 11.6 Å². The highest BCUT2D eigenvalue weighted by atomic mass is 35.5. The third-order valence-electron chi connectivity index (χ3n) is 3.94. The first kappa shape index (κ1) is 22.0. The lowest BCUT2D eigenvalue weighted by atomic mass is 10.1. The van der Waals surface area contributed by atoms with E-state index < -0.39 is 62.9 Å². The molecule has 1 aromatic carbocycles. The van der Waals surface area contributed by atoms with E-state index in [1.54, 1.807) is 0 Å². The summed E-state index contributed by atoms with van der Waals surface area (Å²) in [5.41, 5.74) is -6.46. The van der Waals surface area contributed by atoms with Crippen LogP contribution in [0.5, 0.6) is 0 Å². The number of halogens is 10. The van der Waals surface area contributed by atoms with Crippen LogP contribution in [0.4, 0.5) is 45.3 Å². The SMILES string of the molecule is CNc1c2c(C(F)(F)F)nc(C(F)(F)Cl)cc2nn1-c1ccc(F)cc1C(F)(F)F. The van der Waals surface area contributed by atoms with Crippen molar-refractivity contribution in [3.8, 4) is 5.69 Å². The zero-order valence-electron chi connectivity index (χ0n) is 14.4. The number of rotatable bonds is 3. The summed E-state index contributed by atoms with van der Waals surface area (Å²) in [5.74, 6) is -1.89. The van der Waals surface area contributed by atoms with Crippen LogP contribution in [0, 0.1) is 5.82 Å². The molecule has 0 aliphatic heterocycles. The summed E-state index contributed by atoms with van der Waals surface area (Å²) in [5, 5.41) is 0.696. The molecule has 0 aliphatic rings. The number of nitrogens with zero attached hydrogens (tertiary/aromatic N) is 3. The molecule has 0 amide bonds. The Morgan fingerprint density at radius 3 is 2.10 bits per heavy atom.